The lowest BCUT2D eigenvalue weighted by Crippen LogP contribution is -2.21. The van der Waals surface area contributed by atoms with E-state index in [9.17, 15) is 13.2 Å². The predicted molar refractivity (Wildman–Crippen MR) is 37.9 cm³/mol. The van der Waals surface area contributed by atoms with Crippen molar-refractivity contribution in [2.45, 2.75) is 6.18 Å². The third-order valence-corrected chi connectivity index (χ3v) is 1.43. The predicted octanol–water partition coefficient (Wildman–Crippen LogP) is 1.59. The van der Waals surface area contributed by atoms with E-state index in [1.165, 1.54) is 0 Å². The van der Waals surface area contributed by atoms with Crippen molar-refractivity contribution >= 4 is 35.6 Å². The van der Waals surface area contributed by atoms with Crippen LogP contribution in [0, 0.1) is 0 Å². The molecule has 1 nitrogen and oxygen atoms in total. The second kappa shape index (κ2) is 3.09. The number of hydrogen-bond acceptors (Lipinski definition) is 2. The molecule has 0 aromatic heterocycles. The minimum Gasteiger partial charge on any atom is -0.772 e. The van der Waals surface area contributed by atoms with E-state index in [0.717, 1.165) is 5.87 Å². The van der Waals surface area contributed by atoms with Crippen LogP contribution >= 0.6 is 12.2 Å². The molecule has 0 unspecified atom stereocenters. The molecule has 0 aliphatic heterocycles. The van der Waals surface area contributed by atoms with Crippen LogP contribution in [0.3, 0.4) is 0 Å². The van der Waals surface area contributed by atoms with Gasteiger partial charge in [-0.1, -0.05) is 12.2 Å². The first-order valence-corrected chi connectivity index (χ1v) is 2.77. The first-order valence-electron chi connectivity index (χ1n) is 1.95. The van der Waals surface area contributed by atoms with E-state index in [0.29, 0.717) is 0 Å². The summed E-state index contributed by atoms with van der Waals surface area (Å²) in [6.07, 6.45) is -4.65. The SMILES string of the molecule is [N-]=C=C([S-])C(=S)C(F)(F)F. The molecule has 0 saturated heterocycles. The van der Waals surface area contributed by atoms with Crippen LogP contribution in [0.2, 0.25) is 0 Å². The van der Waals surface area contributed by atoms with E-state index < -0.39 is 15.9 Å². The highest BCUT2D eigenvalue weighted by Gasteiger charge is 2.32. The quantitative estimate of drug-likeness (QED) is 0.266. The summed E-state index contributed by atoms with van der Waals surface area (Å²) in [5.41, 5.74) is 0. The van der Waals surface area contributed by atoms with Crippen molar-refractivity contribution in [2.24, 2.45) is 0 Å². The van der Waals surface area contributed by atoms with Crippen molar-refractivity contribution < 1.29 is 13.2 Å². The molecule has 0 atom stereocenters. The zero-order valence-electron chi connectivity index (χ0n) is 4.40. The van der Waals surface area contributed by atoms with E-state index in [2.05, 4.69) is 24.8 Å². The van der Waals surface area contributed by atoms with Gasteiger partial charge in [-0.15, -0.1) is 4.91 Å². The normalized spacial score (nSPS) is 10.3. The Labute approximate surface area is 65.8 Å². The molecule has 0 spiro atoms. The Kier molecular flexibility index (Phi) is 2.96. The Hall–Kier alpha value is -0.450. The molecule has 0 amide bonds. The van der Waals surface area contributed by atoms with Crippen LogP contribution in [-0.2, 0) is 12.6 Å². The second-order valence-electron chi connectivity index (χ2n) is 1.27. The van der Waals surface area contributed by atoms with Gasteiger partial charge in [-0.3, -0.25) is 5.87 Å². The van der Waals surface area contributed by atoms with Gasteiger partial charge in [-0.25, -0.2) is 0 Å². The summed E-state index contributed by atoms with van der Waals surface area (Å²) in [7, 11) is 0. The molecule has 56 valence electrons. The van der Waals surface area contributed by atoms with Gasteiger partial charge in [0.1, 0.15) is 4.86 Å². The molecule has 0 bridgehead atoms. The highest BCUT2D eigenvalue weighted by atomic mass is 32.1. The summed E-state index contributed by atoms with van der Waals surface area (Å²) in [6, 6.07) is 0. The average molecular weight is 183 g/mol. The van der Waals surface area contributed by atoms with E-state index in [-0.39, 0.29) is 0 Å². The van der Waals surface area contributed by atoms with E-state index in [1.54, 1.807) is 0 Å². The van der Waals surface area contributed by atoms with Gasteiger partial charge < -0.3 is 18.0 Å². The van der Waals surface area contributed by atoms with E-state index in [4.69, 9.17) is 5.41 Å². The van der Waals surface area contributed by atoms with E-state index in [1.807, 2.05) is 0 Å². The van der Waals surface area contributed by atoms with Crippen molar-refractivity contribution in [3.05, 3.63) is 10.3 Å². The average Bonchev–Trinajstić information content (AvgIpc) is 1.83. The Bertz CT molecular complexity index is 201. The fourth-order valence-electron chi connectivity index (χ4n) is 0.180. The maximum atomic E-state index is 11.5. The molecule has 6 heteroatoms. The summed E-state index contributed by atoms with van der Waals surface area (Å²) < 4.78 is 34.5. The van der Waals surface area contributed by atoms with Crippen LogP contribution in [-0.4, -0.2) is 16.9 Å². The Morgan fingerprint density at radius 3 is 2.00 bits per heavy atom. The second-order valence-corrected chi connectivity index (χ2v) is 2.08. The molecular formula is C4F3NS2-2. The molecule has 0 aliphatic carbocycles. The lowest BCUT2D eigenvalue weighted by molar-refractivity contribution is -0.0554. The van der Waals surface area contributed by atoms with Gasteiger partial charge in [0.2, 0.25) is 0 Å². The van der Waals surface area contributed by atoms with Crippen LogP contribution < -0.4 is 0 Å². The standard InChI is InChI=1S/C4HF3NS2/c5-4(6,7)3(10)2(9)1-8/h9H/q-1/p-1. The lowest BCUT2D eigenvalue weighted by atomic mass is 10.4. The number of nitrogens with zero attached hydrogens (tertiary/aromatic N) is 1. The highest BCUT2D eigenvalue weighted by Crippen LogP contribution is 2.20. The fourth-order valence-corrected chi connectivity index (χ4v) is 0.341. The van der Waals surface area contributed by atoms with Crippen LogP contribution in [0.4, 0.5) is 13.2 Å². The molecule has 0 heterocycles. The molecule has 0 N–H and O–H groups in total. The van der Waals surface area contributed by atoms with Gasteiger partial charge >= 0.3 is 6.18 Å². The maximum absolute atomic E-state index is 11.5. The summed E-state index contributed by atoms with van der Waals surface area (Å²) >= 11 is 7.83. The molecule has 0 aromatic rings. The van der Waals surface area contributed by atoms with E-state index >= 15 is 0 Å². The van der Waals surface area contributed by atoms with Crippen molar-refractivity contribution in [1.29, 1.82) is 0 Å². The first kappa shape index (κ1) is 9.55. The molecule has 0 saturated carbocycles. The monoisotopic (exact) mass is 183 g/mol. The van der Waals surface area contributed by atoms with Crippen LogP contribution in [0.25, 0.3) is 5.41 Å². The highest BCUT2D eigenvalue weighted by molar-refractivity contribution is 7.83. The molecule has 10 heavy (non-hydrogen) atoms. The third-order valence-electron chi connectivity index (χ3n) is 0.565. The summed E-state index contributed by atoms with van der Waals surface area (Å²) in [6.45, 7) is 0. The minimum atomic E-state index is -4.65. The lowest BCUT2D eigenvalue weighted by Gasteiger charge is -2.14. The van der Waals surface area contributed by atoms with Crippen molar-refractivity contribution in [3.63, 3.8) is 0 Å². The third kappa shape index (κ3) is 2.43. The Morgan fingerprint density at radius 1 is 1.50 bits per heavy atom. The number of allylic oxidation sites excluding steroid dienone is 1. The largest absolute Gasteiger partial charge is 0.772 e. The fraction of sp³-hybridized carbons (Fsp3) is 0.250. The van der Waals surface area contributed by atoms with Crippen LogP contribution in [0.15, 0.2) is 4.91 Å². The number of hydrogen-bond donors (Lipinski definition) is 0. The smallest absolute Gasteiger partial charge is 0.425 e. The molecular weight excluding hydrogens is 183 g/mol. The van der Waals surface area contributed by atoms with Gasteiger partial charge in [-0.05, 0) is 0 Å². The van der Waals surface area contributed by atoms with Crippen LogP contribution in [0.5, 0.6) is 0 Å². The Balaban J connectivity index is 4.55. The number of alkyl halides is 3. The number of thiocarbonyl (C=S) groups is 1. The zero-order valence-corrected chi connectivity index (χ0v) is 6.03. The maximum Gasteiger partial charge on any atom is 0.425 e. The first-order chi connectivity index (χ1) is 4.39. The van der Waals surface area contributed by atoms with Gasteiger partial charge in [0.05, 0.1) is 0 Å². The number of halogens is 3. The summed E-state index contributed by atoms with van der Waals surface area (Å²) in [5, 5.41) is 7.89. The minimum absolute atomic E-state index is 0.887. The van der Waals surface area contributed by atoms with Crippen molar-refractivity contribution in [1.82, 2.24) is 0 Å². The van der Waals surface area contributed by atoms with Gasteiger partial charge in [-0.2, -0.15) is 13.2 Å². The molecule has 0 radical (unpaired) electrons. The zero-order chi connectivity index (χ0) is 8.36. The molecule has 0 aromatic carbocycles. The van der Waals surface area contributed by atoms with Crippen molar-refractivity contribution in [3.8, 4) is 0 Å². The molecule has 0 aliphatic rings. The summed E-state index contributed by atoms with van der Waals surface area (Å²) in [5.74, 6) is 1.14. The molecule has 0 rings (SSSR count). The van der Waals surface area contributed by atoms with Gasteiger partial charge in [0, 0.05) is 0 Å². The molecule has 0 fully saturated rings. The van der Waals surface area contributed by atoms with Crippen LogP contribution in [0.1, 0.15) is 0 Å². The van der Waals surface area contributed by atoms with Crippen molar-refractivity contribution in [2.75, 3.05) is 0 Å². The number of rotatable bonds is 1. The van der Waals surface area contributed by atoms with Gasteiger partial charge in [0.15, 0.2) is 0 Å². The van der Waals surface area contributed by atoms with Gasteiger partial charge in [0.25, 0.3) is 0 Å². The Morgan fingerprint density at radius 2 is 1.90 bits per heavy atom. The topological polar surface area (TPSA) is 22.3 Å². The summed E-state index contributed by atoms with van der Waals surface area (Å²) in [4.78, 5) is -2.31.